The maximum absolute atomic E-state index is 12.2. The maximum Gasteiger partial charge on any atom is 0.390 e. The molecular weight excluding hydrogens is 217 g/mol. The van der Waals surface area contributed by atoms with Gasteiger partial charge in [-0.05, 0) is 11.6 Å². The number of rotatable bonds is 2. The SMILES string of the molecule is N[C@H](CC(F)(F)F)c1c[nH]c2ccccc12. The lowest BCUT2D eigenvalue weighted by molar-refractivity contribution is -0.138. The maximum atomic E-state index is 12.2. The van der Waals surface area contributed by atoms with E-state index in [2.05, 4.69) is 4.98 Å². The van der Waals surface area contributed by atoms with E-state index in [-0.39, 0.29) is 0 Å². The first-order valence-electron chi connectivity index (χ1n) is 4.86. The van der Waals surface area contributed by atoms with Crippen molar-refractivity contribution in [1.82, 2.24) is 4.98 Å². The molecule has 2 nitrogen and oxygen atoms in total. The van der Waals surface area contributed by atoms with Crippen molar-refractivity contribution in [3.8, 4) is 0 Å². The molecule has 0 unspecified atom stereocenters. The summed E-state index contributed by atoms with van der Waals surface area (Å²) in [6, 6.07) is 6.14. The molecule has 16 heavy (non-hydrogen) atoms. The third-order valence-corrected chi connectivity index (χ3v) is 2.47. The van der Waals surface area contributed by atoms with Crippen LogP contribution in [-0.4, -0.2) is 11.2 Å². The molecule has 0 aliphatic rings. The highest BCUT2D eigenvalue weighted by atomic mass is 19.4. The van der Waals surface area contributed by atoms with Gasteiger partial charge in [0.1, 0.15) is 0 Å². The summed E-state index contributed by atoms with van der Waals surface area (Å²) in [6.07, 6.45) is -3.70. The Hall–Kier alpha value is -1.49. The van der Waals surface area contributed by atoms with Crippen molar-refractivity contribution in [2.24, 2.45) is 5.73 Å². The molecule has 0 saturated carbocycles. The molecule has 2 aromatic rings. The minimum absolute atomic E-state index is 0.507. The standard InChI is InChI=1S/C11H11F3N2/c12-11(13,14)5-9(15)8-6-16-10-4-2-1-3-7(8)10/h1-4,6,9,16H,5,15H2/t9-/m1/s1. The summed E-state index contributed by atoms with van der Waals surface area (Å²) >= 11 is 0. The number of benzene rings is 1. The zero-order valence-corrected chi connectivity index (χ0v) is 8.38. The molecule has 0 amide bonds. The molecule has 0 spiro atoms. The molecule has 2 rings (SSSR count). The highest BCUT2D eigenvalue weighted by Crippen LogP contribution is 2.31. The van der Waals surface area contributed by atoms with Crippen molar-refractivity contribution in [1.29, 1.82) is 0 Å². The average molecular weight is 228 g/mol. The Balaban J connectivity index is 2.33. The van der Waals surface area contributed by atoms with Gasteiger partial charge in [-0.15, -0.1) is 0 Å². The first-order valence-corrected chi connectivity index (χ1v) is 4.86. The Morgan fingerprint density at radius 2 is 1.94 bits per heavy atom. The van der Waals surface area contributed by atoms with E-state index in [1.165, 1.54) is 0 Å². The van der Waals surface area contributed by atoms with Crippen molar-refractivity contribution in [2.45, 2.75) is 18.6 Å². The molecule has 86 valence electrons. The molecule has 3 N–H and O–H groups in total. The number of hydrogen-bond donors (Lipinski definition) is 2. The van der Waals surface area contributed by atoms with Gasteiger partial charge in [-0.2, -0.15) is 13.2 Å². The van der Waals surface area contributed by atoms with Gasteiger partial charge >= 0.3 is 6.18 Å². The molecule has 5 heteroatoms. The third kappa shape index (κ3) is 2.19. The number of nitrogens with two attached hydrogens (primary N) is 1. The fourth-order valence-electron chi connectivity index (χ4n) is 1.76. The van der Waals surface area contributed by atoms with Crippen LogP contribution in [0.3, 0.4) is 0 Å². The quantitative estimate of drug-likeness (QED) is 0.814. The smallest absolute Gasteiger partial charge is 0.361 e. The predicted octanol–water partition coefficient (Wildman–Crippen LogP) is 3.12. The van der Waals surface area contributed by atoms with E-state index in [4.69, 9.17) is 5.73 Å². The molecule has 0 saturated heterocycles. The molecule has 1 aromatic carbocycles. The lowest BCUT2D eigenvalue weighted by Gasteiger charge is -2.13. The van der Waals surface area contributed by atoms with Gasteiger partial charge in [-0.3, -0.25) is 0 Å². The van der Waals surface area contributed by atoms with Gasteiger partial charge in [0, 0.05) is 23.1 Å². The zero-order chi connectivity index (χ0) is 11.8. The predicted molar refractivity (Wildman–Crippen MR) is 55.9 cm³/mol. The fraction of sp³-hybridized carbons (Fsp3) is 0.273. The molecule has 0 aliphatic heterocycles. The number of halogens is 3. The van der Waals surface area contributed by atoms with Crippen molar-refractivity contribution in [3.63, 3.8) is 0 Å². The first kappa shape index (κ1) is 11.0. The molecule has 0 fully saturated rings. The van der Waals surface area contributed by atoms with Gasteiger partial charge in [0.2, 0.25) is 0 Å². The number of H-pyrrole nitrogens is 1. The summed E-state index contributed by atoms with van der Waals surface area (Å²) in [6.45, 7) is 0. The van der Waals surface area contributed by atoms with Crippen LogP contribution in [-0.2, 0) is 0 Å². The first-order chi connectivity index (χ1) is 7.47. The van der Waals surface area contributed by atoms with Crippen LogP contribution in [0.1, 0.15) is 18.0 Å². The second kappa shape index (κ2) is 3.83. The Bertz CT molecular complexity index is 487. The molecule has 0 aliphatic carbocycles. The second-order valence-corrected chi connectivity index (χ2v) is 3.72. The Morgan fingerprint density at radius 3 is 2.62 bits per heavy atom. The van der Waals surface area contributed by atoms with Gasteiger partial charge in [0.15, 0.2) is 0 Å². The fourth-order valence-corrected chi connectivity index (χ4v) is 1.76. The lowest BCUT2D eigenvalue weighted by Crippen LogP contribution is -2.19. The topological polar surface area (TPSA) is 41.8 Å². The lowest BCUT2D eigenvalue weighted by atomic mass is 10.0. The summed E-state index contributed by atoms with van der Waals surface area (Å²) in [7, 11) is 0. The molecule has 0 radical (unpaired) electrons. The van der Waals surface area contributed by atoms with Gasteiger partial charge < -0.3 is 10.7 Å². The highest BCUT2D eigenvalue weighted by Gasteiger charge is 2.31. The summed E-state index contributed by atoms with van der Waals surface area (Å²) in [5.74, 6) is 0. The monoisotopic (exact) mass is 228 g/mol. The number of aromatic amines is 1. The molecule has 1 aromatic heterocycles. The summed E-state index contributed by atoms with van der Waals surface area (Å²) in [5, 5.41) is 0.749. The Morgan fingerprint density at radius 1 is 1.25 bits per heavy atom. The van der Waals surface area contributed by atoms with Gasteiger partial charge in [-0.25, -0.2) is 0 Å². The van der Waals surface area contributed by atoms with Crippen LogP contribution in [0.15, 0.2) is 30.5 Å². The van der Waals surface area contributed by atoms with E-state index in [1.54, 1.807) is 24.4 Å². The Labute approximate surface area is 90.3 Å². The van der Waals surface area contributed by atoms with Crippen molar-refractivity contribution in [3.05, 3.63) is 36.0 Å². The van der Waals surface area contributed by atoms with Crippen LogP contribution in [0, 0.1) is 0 Å². The van der Waals surface area contributed by atoms with Gasteiger partial charge in [0.05, 0.1) is 6.42 Å². The zero-order valence-electron chi connectivity index (χ0n) is 8.38. The van der Waals surface area contributed by atoms with Crippen LogP contribution < -0.4 is 5.73 Å². The largest absolute Gasteiger partial charge is 0.390 e. The summed E-state index contributed by atoms with van der Waals surface area (Å²) in [5.41, 5.74) is 6.86. The highest BCUT2D eigenvalue weighted by molar-refractivity contribution is 5.83. The number of aromatic nitrogens is 1. The van der Waals surface area contributed by atoms with Crippen molar-refractivity contribution < 1.29 is 13.2 Å². The van der Waals surface area contributed by atoms with E-state index in [9.17, 15) is 13.2 Å². The summed E-state index contributed by atoms with van der Waals surface area (Å²) < 4.78 is 36.6. The Kier molecular flexibility index (Phi) is 2.63. The number of nitrogens with one attached hydrogen (secondary N) is 1. The van der Waals surface area contributed by atoms with Crippen LogP contribution >= 0.6 is 0 Å². The van der Waals surface area contributed by atoms with E-state index in [1.807, 2.05) is 6.07 Å². The van der Waals surface area contributed by atoms with Crippen LogP contribution in [0.5, 0.6) is 0 Å². The molecular formula is C11H11F3N2. The average Bonchev–Trinajstić information content (AvgIpc) is 2.58. The van der Waals surface area contributed by atoms with Crippen molar-refractivity contribution in [2.75, 3.05) is 0 Å². The van der Waals surface area contributed by atoms with E-state index in [0.717, 1.165) is 10.9 Å². The van der Waals surface area contributed by atoms with E-state index in [0.29, 0.717) is 5.56 Å². The third-order valence-electron chi connectivity index (χ3n) is 2.47. The number of alkyl halides is 3. The van der Waals surface area contributed by atoms with E-state index < -0.39 is 18.6 Å². The van der Waals surface area contributed by atoms with Gasteiger partial charge in [0.25, 0.3) is 0 Å². The minimum Gasteiger partial charge on any atom is -0.361 e. The minimum atomic E-state index is -4.24. The van der Waals surface area contributed by atoms with Crippen molar-refractivity contribution >= 4 is 10.9 Å². The number of para-hydroxylation sites is 1. The second-order valence-electron chi connectivity index (χ2n) is 3.72. The van der Waals surface area contributed by atoms with Crippen LogP contribution in [0.4, 0.5) is 13.2 Å². The van der Waals surface area contributed by atoms with Crippen LogP contribution in [0.2, 0.25) is 0 Å². The van der Waals surface area contributed by atoms with Crippen LogP contribution in [0.25, 0.3) is 10.9 Å². The molecule has 1 atom stereocenters. The number of hydrogen-bond acceptors (Lipinski definition) is 1. The van der Waals surface area contributed by atoms with E-state index >= 15 is 0 Å². The summed E-state index contributed by atoms with van der Waals surface area (Å²) in [4.78, 5) is 2.91. The molecule has 0 bridgehead atoms. The number of fused-ring (bicyclic) bond motifs is 1. The van der Waals surface area contributed by atoms with Gasteiger partial charge in [-0.1, -0.05) is 18.2 Å². The normalized spacial score (nSPS) is 14.2. The molecule has 1 heterocycles.